The van der Waals surface area contributed by atoms with Gasteiger partial charge >= 0.3 is 0 Å². The van der Waals surface area contributed by atoms with Gasteiger partial charge in [0.25, 0.3) is 5.91 Å². The molecule has 1 aliphatic rings. The van der Waals surface area contributed by atoms with Crippen LogP contribution in [0.15, 0.2) is 18.2 Å². The van der Waals surface area contributed by atoms with Gasteiger partial charge < -0.3 is 15.5 Å². The van der Waals surface area contributed by atoms with Crippen molar-refractivity contribution in [1.29, 1.82) is 0 Å². The largest absolute Gasteiger partial charge is 0.373 e. The van der Waals surface area contributed by atoms with Crippen LogP contribution in [-0.2, 0) is 0 Å². The lowest BCUT2D eigenvalue weighted by atomic mass is 9.97. The third-order valence-corrected chi connectivity index (χ3v) is 3.94. The molecule has 1 aliphatic heterocycles. The second-order valence-electron chi connectivity index (χ2n) is 5.25. The first-order valence-electron chi connectivity index (χ1n) is 7.38. The molecule has 1 fully saturated rings. The Balaban J connectivity index is 1.80. The highest BCUT2D eigenvalue weighted by atomic mass is 16.1. The molecule has 2 heterocycles. The van der Waals surface area contributed by atoms with Gasteiger partial charge in [0, 0.05) is 13.6 Å². The summed E-state index contributed by atoms with van der Waals surface area (Å²) in [6.07, 6.45) is 2.33. The number of piperidine rings is 1. The lowest BCUT2D eigenvalue weighted by Gasteiger charge is -2.30. The van der Waals surface area contributed by atoms with Crippen molar-refractivity contribution in [2.24, 2.45) is 5.92 Å². The summed E-state index contributed by atoms with van der Waals surface area (Å²) in [5.41, 5.74) is 0.475. The molecular weight excluding hydrogens is 252 g/mol. The molecule has 0 bridgehead atoms. The molecule has 1 amide bonds. The van der Waals surface area contributed by atoms with E-state index in [0.29, 0.717) is 17.4 Å². The fraction of sp³-hybridized carbons (Fsp3) is 0.600. The molecular formula is C15H24N4O. The molecule has 2 rings (SSSR count). The summed E-state index contributed by atoms with van der Waals surface area (Å²) in [4.78, 5) is 18.8. The predicted octanol–water partition coefficient (Wildman–Crippen LogP) is 1.58. The van der Waals surface area contributed by atoms with Gasteiger partial charge in [-0.15, -0.1) is 0 Å². The first-order valence-corrected chi connectivity index (χ1v) is 7.38. The minimum Gasteiger partial charge on any atom is -0.373 e. The van der Waals surface area contributed by atoms with E-state index in [1.165, 1.54) is 0 Å². The minimum atomic E-state index is -0.0833. The molecule has 0 aliphatic carbocycles. The van der Waals surface area contributed by atoms with Crippen molar-refractivity contribution in [3.05, 3.63) is 23.9 Å². The van der Waals surface area contributed by atoms with E-state index in [0.717, 1.165) is 39.0 Å². The molecule has 0 spiro atoms. The zero-order chi connectivity index (χ0) is 14.4. The summed E-state index contributed by atoms with van der Waals surface area (Å²) in [7, 11) is 1.80. The SMILES string of the molecule is CCN1CCC(CNC(=O)c2cccc(NC)n2)CC1. The number of hydrogen-bond acceptors (Lipinski definition) is 4. The van der Waals surface area contributed by atoms with Crippen molar-refractivity contribution >= 4 is 11.7 Å². The number of hydrogen-bond donors (Lipinski definition) is 2. The van der Waals surface area contributed by atoms with Crippen LogP contribution in [0.2, 0.25) is 0 Å². The van der Waals surface area contributed by atoms with E-state index in [1.807, 2.05) is 12.1 Å². The van der Waals surface area contributed by atoms with Crippen molar-refractivity contribution in [3.63, 3.8) is 0 Å². The first-order chi connectivity index (χ1) is 9.72. The summed E-state index contributed by atoms with van der Waals surface area (Å²) < 4.78 is 0. The normalized spacial score (nSPS) is 16.9. The van der Waals surface area contributed by atoms with E-state index in [2.05, 4.69) is 27.4 Å². The molecule has 0 radical (unpaired) electrons. The van der Waals surface area contributed by atoms with Crippen LogP contribution in [0.25, 0.3) is 0 Å². The lowest BCUT2D eigenvalue weighted by Crippen LogP contribution is -2.38. The van der Waals surface area contributed by atoms with Crippen molar-refractivity contribution in [2.75, 3.05) is 38.5 Å². The van der Waals surface area contributed by atoms with Crippen LogP contribution in [0, 0.1) is 5.92 Å². The Kier molecular flexibility index (Phi) is 5.35. The number of aromatic nitrogens is 1. The molecule has 1 saturated heterocycles. The van der Waals surface area contributed by atoms with Crippen LogP contribution >= 0.6 is 0 Å². The molecule has 0 saturated carbocycles. The maximum absolute atomic E-state index is 12.1. The average molecular weight is 276 g/mol. The molecule has 5 heteroatoms. The molecule has 1 aromatic heterocycles. The van der Waals surface area contributed by atoms with E-state index in [1.54, 1.807) is 13.1 Å². The van der Waals surface area contributed by atoms with E-state index in [9.17, 15) is 4.79 Å². The highest BCUT2D eigenvalue weighted by Gasteiger charge is 2.19. The molecule has 5 nitrogen and oxygen atoms in total. The second kappa shape index (κ2) is 7.24. The monoisotopic (exact) mass is 276 g/mol. The number of nitrogens with zero attached hydrogens (tertiary/aromatic N) is 2. The maximum atomic E-state index is 12.1. The minimum absolute atomic E-state index is 0.0833. The van der Waals surface area contributed by atoms with Gasteiger partial charge in [-0.1, -0.05) is 13.0 Å². The van der Waals surface area contributed by atoms with Gasteiger partial charge in [-0.05, 0) is 50.5 Å². The van der Waals surface area contributed by atoms with Crippen LogP contribution in [0.4, 0.5) is 5.82 Å². The molecule has 20 heavy (non-hydrogen) atoms. The topological polar surface area (TPSA) is 57.3 Å². The van der Waals surface area contributed by atoms with Crippen molar-refractivity contribution in [2.45, 2.75) is 19.8 Å². The summed E-state index contributed by atoms with van der Waals surface area (Å²) in [6.45, 7) is 6.36. The fourth-order valence-electron chi connectivity index (χ4n) is 2.53. The Morgan fingerprint density at radius 1 is 1.40 bits per heavy atom. The zero-order valence-electron chi connectivity index (χ0n) is 12.4. The highest BCUT2D eigenvalue weighted by Crippen LogP contribution is 2.16. The van der Waals surface area contributed by atoms with Crippen LogP contribution in [0.5, 0.6) is 0 Å². The van der Waals surface area contributed by atoms with E-state index in [4.69, 9.17) is 0 Å². The number of anilines is 1. The Hall–Kier alpha value is -1.62. The van der Waals surface area contributed by atoms with Gasteiger partial charge in [0.1, 0.15) is 11.5 Å². The quantitative estimate of drug-likeness (QED) is 0.857. The number of amides is 1. The summed E-state index contributed by atoms with van der Waals surface area (Å²) in [6, 6.07) is 5.43. The predicted molar refractivity (Wildman–Crippen MR) is 81.0 cm³/mol. The lowest BCUT2D eigenvalue weighted by molar-refractivity contribution is 0.0932. The highest BCUT2D eigenvalue weighted by molar-refractivity contribution is 5.92. The molecule has 2 N–H and O–H groups in total. The molecule has 0 atom stereocenters. The van der Waals surface area contributed by atoms with Gasteiger partial charge in [-0.2, -0.15) is 0 Å². The third kappa shape index (κ3) is 3.93. The second-order valence-corrected chi connectivity index (χ2v) is 5.25. The van der Waals surface area contributed by atoms with E-state index < -0.39 is 0 Å². The number of carbonyl (C=O) groups excluding carboxylic acids is 1. The van der Waals surface area contributed by atoms with Crippen LogP contribution in [0.3, 0.4) is 0 Å². The molecule has 0 unspecified atom stereocenters. The third-order valence-electron chi connectivity index (χ3n) is 3.94. The van der Waals surface area contributed by atoms with Crippen molar-refractivity contribution < 1.29 is 4.79 Å². The summed E-state index contributed by atoms with van der Waals surface area (Å²) in [5.74, 6) is 1.23. The fourth-order valence-corrected chi connectivity index (χ4v) is 2.53. The van der Waals surface area contributed by atoms with Gasteiger partial charge in [-0.25, -0.2) is 4.98 Å². The maximum Gasteiger partial charge on any atom is 0.269 e. The Morgan fingerprint density at radius 3 is 2.80 bits per heavy atom. The molecule has 0 aromatic carbocycles. The van der Waals surface area contributed by atoms with Crippen molar-refractivity contribution in [3.8, 4) is 0 Å². The van der Waals surface area contributed by atoms with E-state index >= 15 is 0 Å². The smallest absolute Gasteiger partial charge is 0.269 e. The number of carbonyl (C=O) groups is 1. The van der Waals surface area contributed by atoms with Crippen LogP contribution in [0.1, 0.15) is 30.3 Å². The Morgan fingerprint density at radius 2 is 2.15 bits per heavy atom. The molecule has 1 aromatic rings. The Labute approximate surface area is 120 Å². The van der Waals surface area contributed by atoms with Gasteiger partial charge in [0.15, 0.2) is 0 Å². The Bertz CT molecular complexity index is 441. The number of nitrogens with one attached hydrogen (secondary N) is 2. The first kappa shape index (κ1) is 14.8. The summed E-state index contributed by atoms with van der Waals surface area (Å²) in [5, 5.41) is 5.95. The average Bonchev–Trinajstić information content (AvgIpc) is 2.53. The van der Waals surface area contributed by atoms with Crippen molar-refractivity contribution in [1.82, 2.24) is 15.2 Å². The number of likely N-dealkylation sites (tertiary alicyclic amines) is 1. The van der Waals surface area contributed by atoms with Crippen LogP contribution < -0.4 is 10.6 Å². The summed E-state index contributed by atoms with van der Waals surface area (Å²) >= 11 is 0. The van der Waals surface area contributed by atoms with E-state index in [-0.39, 0.29) is 5.91 Å². The van der Waals surface area contributed by atoms with Gasteiger partial charge in [-0.3, -0.25) is 4.79 Å². The van der Waals surface area contributed by atoms with Crippen LogP contribution in [-0.4, -0.2) is 49.0 Å². The van der Waals surface area contributed by atoms with Gasteiger partial charge in [0.2, 0.25) is 0 Å². The number of pyridine rings is 1. The zero-order valence-corrected chi connectivity index (χ0v) is 12.4. The standard InChI is InChI=1S/C15H24N4O/c1-3-19-9-7-12(8-10-19)11-17-15(20)13-5-4-6-14(16-2)18-13/h4-6,12H,3,7-11H2,1-2H3,(H,16,18)(H,17,20). The molecule has 110 valence electrons. The van der Waals surface area contributed by atoms with Gasteiger partial charge in [0.05, 0.1) is 0 Å². The number of rotatable bonds is 5.